The van der Waals surface area contributed by atoms with Crippen LogP contribution in [0.5, 0.6) is 5.88 Å². The monoisotopic (exact) mass is 414 g/mol. The van der Waals surface area contributed by atoms with Gasteiger partial charge in [0, 0.05) is 41.5 Å². The van der Waals surface area contributed by atoms with Gasteiger partial charge < -0.3 is 15.0 Å². The zero-order valence-corrected chi connectivity index (χ0v) is 18.3. The van der Waals surface area contributed by atoms with Gasteiger partial charge in [-0.3, -0.25) is 4.79 Å². The van der Waals surface area contributed by atoms with E-state index in [1.165, 1.54) is 0 Å². The summed E-state index contributed by atoms with van der Waals surface area (Å²) in [7, 11) is 0. The molecule has 6 nitrogen and oxygen atoms in total. The predicted molar refractivity (Wildman–Crippen MR) is 116 cm³/mol. The molecule has 1 aliphatic carbocycles. The van der Waals surface area contributed by atoms with Crippen LogP contribution in [0.15, 0.2) is 39.8 Å². The van der Waals surface area contributed by atoms with Crippen LogP contribution < -0.4 is 10.1 Å². The molecule has 0 unspecified atom stereocenters. The second-order valence-electron chi connectivity index (χ2n) is 8.38. The van der Waals surface area contributed by atoms with E-state index in [1.54, 1.807) is 6.20 Å². The number of hydrogen-bond acceptors (Lipinski definition) is 5. The van der Waals surface area contributed by atoms with Gasteiger partial charge in [0.1, 0.15) is 5.82 Å². The molecule has 0 radical (unpaired) electrons. The summed E-state index contributed by atoms with van der Waals surface area (Å²) in [6.45, 7) is 11.9. The number of rotatable bonds is 8. The van der Waals surface area contributed by atoms with Crippen molar-refractivity contribution >= 4 is 12.6 Å². The Kier molecular flexibility index (Phi) is 6.58. The largest absolute Gasteiger partial charge is 0.446 e. The van der Waals surface area contributed by atoms with E-state index in [2.05, 4.69) is 28.9 Å². The molecule has 7 heteroatoms. The van der Waals surface area contributed by atoms with Crippen molar-refractivity contribution in [2.24, 2.45) is 4.99 Å². The second kappa shape index (κ2) is 8.98. The molecule has 3 rings (SSSR count). The summed E-state index contributed by atoms with van der Waals surface area (Å²) < 4.78 is 17.7. The first-order valence-electron chi connectivity index (χ1n) is 10.4. The fraction of sp³-hybridized carbons (Fsp3) is 0.522. The molecule has 0 atom stereocenters. The molecule has 2 heterocycles. The van der Waals surface area contributed by atoms with Crippen molar-refractivity contribution in [3.05, 3.63) is 45.9 Å². The zero-order valence-electron chi connectivity index (χ0n) is 18.3. The van der Waals surface area contributed by atoms with Gasteiger partial charge in [-0.05, 0) is 64.8 Å². The lowest BCUT2D eigenvalue weighted by molar-refractivity contribution is -0.127. The third-order valence-electron chi connectivity index (χ3n) is 5.82. The highest BCUT2D eigenvalue weighted by atomic mass is 19.1. The van der Waals surface area contributed by atoms with Crippen LogP contribution >= 0.6 is 0 Å². The topological polar surface area (TPSA) is 66.8 Å². The number of ether oxygens (including phenoxy) is 1. The molecule has 1 aromatic heterocycles. The summed E-state index contributed by atoms with van der Waals surface area (Å²) in [5.41, 5.74) is 4.38. The van der Waals surface area contributed by atoms with E-state index >= 15 is 0 Å². The fourth-order valence-electron chi connectivity index (χ4n) is 3.88. The number of nitrogens with one attached hydrogen (secondary N) is 1. The first kappa shape index (κ1) is 22.0. The molecule has 2 aliphatic rings. The number of amides is 1. The van der Waals surface area contributed by atoms with Gasteiger partial charge in [0.15, 0.2) is 0 Å². The minimum Gasteiger partial charge on any atom is -0.446 e. The highest BCUT2D eigenvalue weighted by Crippen LogP contribution is 2.37. The summed E-state index contributed by atoms with van der Waals surface area (Å²) in [6, 6.07) is 1.87. The highest BCUT2D eigenvalue weighted by molar-refractivity contribution is 5.98. The Balaban J connectivity index is 1.90. The standard InChI is InChI=1S/C23H31FN4O2/c1-6-17(20(25-5)27-23(4)9-10-23)19(15(2)3)22(29)28-12-8-18-16(13-28)7-11-26-21(18)30-14-24/h7,11,27H,5-6,8-10,12-14H2,1-4H3/b20-17-. The Morgan fingerprint density at radius 2 is 2.17 bits per heavy atom. The predicted octanol–water partition coefficient (Wildman–Crippen LogP) is 4.07. The van der Waals surface area contributed by atoms with E-state index in [0.29, 0.717) is 43.2 Å². The summed E-state index contributed by atoms with van der Waals surface area (Å²) in [6.07, 6.45) is 5.01. The summed E-state index contributed by atoms with van der Waals surface area (Å²) in [4.78, 5) is 23.8. The van der Waals surface area contributed by atoms with Gasteiger partial charge in [0.2, 0.25) is 12.7 Å². The van der Waals surface area contributed by atoms with Gasteiger partial charge in [-0.1, -0.05) is 12.5 Å². The molecule has 162 valence electrons. The Labute approximate surface area is 177 Å². The van der Waals surface area contributed by atoms with E-state index in [4.69, 9.17) is 4.74 Å². The normalized spacial score (nSPS) is 17.4. The average molecular weight is 415 g/mol. The van der Waals surface area contributed by atoms with Crippen molar-refractivity contribution in [3.63, 3.8) is 0 Å². The van der Waals surface area contributed by atoms with E-state index in [9.17, 15) is 9.18 Å². The highest BCUT2D eigenvalue weighted by Gasteiger charge is 2.38. The fourth-order valence-corrected chi connectivity index (χ4v) is 3.88. The number of nitrogens with zero attached hydrogens (tertiary/aromatic N) is 3. The number of aromatic nitrogens is 1. The Morgan fingerprint density at radius 3 is 2.73 bits per heavy atom. The molecular weight excluding hydrogens is 383 g/mol. The third kappa shape index (κ3) is 4.55. The van der Waals surface area contributed by atoms with Crippen LogP contribution in [-0.2, 0) is 17.8 Å². The van der Waals surface area contributed by atoms with E-state index in [-0.39, 0.29) is 11.4 Å². The molecule has 1 aliphatic heterocycles. The minimum atomic E-state index is -0.915. The number of aliphatic imine (C=N–C) groups is 1. The van der Waals surface area contributed by atoms with Crippen molar-refractivity contribution < 1.29 is 13.9 Å². The van der Waals surface area contributed by atoms with Crippen LogP contribution in [0, 0.1) is 0 Å². The lowest BCUT2D eigenvalue weighted by Crippen LogP contribution is -2.38. The van der Waals surface area contributed by atoms with Crippen molar-refractivity contribution in [1.82, 2.24) is 15.2 Å². The van der Waals surface area contributed by atoms with Crippen LogP contribution in [0.1, 0.15) is 58.1 Å². The molecule has 30 heavy (non-hydrogen) atoms. The number of halogens is 1. The van der Waals surface area contributed by atoms with Gasteiger partial charge in [0.05, 0.1) is 0 Å². The maximum Gasteiger partial charge on any atom is 0.254 e. The second-order valence-corrected chi connectivity index (χ2v) is 8.38. The van der Waals surface area contributed by atoms with Gasteiger partial charge >= 0.3 is 0 Å². The number of carbonyl (C=O) groups excluding carboxylic acids is 1. The van der Waals surface area contributed by atoms with Gasteiger partial charge in [-0.2, -0.15) is 0 Å². The maximum atomic E-state index is 13.6. The molecule has 0 spiro atoms. The summed E-state index contributed by atoms with van der Waals surface area (Å²) in [5.74, 6) is 0.993. The molecular formula is C23H31FN4O2. The number of fused-ring (bicyclic) bond motifs is 1. The number of hydrogen-bond donors (Lipinski definition) is 1. The molecule has 1 fully saturated rings. The number of carbonyl (C=O) groups is 1. The number of alkyl halides is 1. The van der Waals surface area contributed by atoms with E-state index in [1.807, 2.05) is 31.7 Å². The van der Waals surface area contributed by atoms with Crippen molar-refractivity contribution in [2.45, 2.75) is 65.5 Å². The summed E-state index contributed by atoms with van der Waals surface area (Å²) in [5, 5.41) is 3.48. The maximum absolute atomic E-state index is 13.6. The van der Waals surface area contributed by atoms with Crippen LogP contribution in [0.4, 0.5) is 4.39 Å². The molecule has 1 N–H and O–H groups in total. The van der Waals surface area contributed by atoms with E-state index in [0.717, 1.165) is 35.1 Å². The van der Waals surface area contributed by atoms with Crippen LogP contribution in [0.25, 0.3) is 0 Å². The average Bonchev–Trinajstić information content (AvgIpc) is 3.46. The smallest absolute Gasteiger partial charge is 0.254 e. The van der Waals surface area contributed by atoms with Gasteiger partial charge in [0.25, 0.3) is 5.91 Å². The molecule has 1 saturated carbocycles. The Hall–Kier alpha value is -2.70. The SMILES string of the molecule is C=N/C(NC1(C)CC1)=C(\CC)C(C(=O)N1CCc2c(ccnc2OCF)C1)=C(C)C. The molecule has 0 saturated heterocycles. The van der Waals surface area contributed by atoms with Crippen LogP contribution in [-0.4, -0.2) is 41.5 Å². The minimum absolute atomic E-state index is 0.0221. The zero-order chi connectivity index (χ0) is 21.9. The van der Waals surface area contributed by atoms with Crippen LogP contribution in [0.2, 0.25) is 0 Å². The first-order valence-corrected chi connectivity index (χ1v) is 10.4. The lowest BCUT2D eigenvalue weighted by Gasteiger charge is -2.31. The Bertz CT molecular complexity index is 898. The Morgan fingerprint density at radius 1 is 1.43 bits per heavy atom. The summed E-state index contributed by atoms with van der Waals surface area (Å²) >= 11 is 0. The third-order valence-corrected chi connectivity index (χ3v) is 5.82. The quantitative estimate of drug-likeness (QED) is 0.396. The van der Waals surface area contributed by atoms with Crippen molar-refractivity contribution in [1.29, 1.82) is 0 Å². The molecule has 0 aromatic carbocycles. The van der Waals surface area contributed by atoms with Crippen LogP contribution in [0.3, 0.4) is 0 Å². The van der Waals surface area contributed by atoms with Gasteiger partial charge in [-0.15, -0.1) is 0 Å². The molecule has 1 aromatic rings. The number of allylic oxidation sites excluding steroid dienone is 1. The van der Waals surface area contributed by atoms with Crippen molar-refractivity contribution in [2.75, 3.05) is 13.4 Å². The van der Waals surface area contributed by atoms with Crippen molar-refractivity contribution in [3.8, 4) is 5.88 Å². The molecule has 0 bridgehead atoms. The van der Waals surface area contributed by atoms with Gasteiger partial charge in [-0.25, -0.2) is 14.4 Å². The van der Waals surface area contributed by atoms with E-state index < -0.39 is 6.86 Å². The lowest BCUT2D eigenvalue weighted by atomic mass is 9.95. The number of pyridine rings is 1. The first-order chi connectivity index (χ1) is 14.3. The molecule has 1 amide bonds.